The van der Waals surface area contributed by atoms with E-state index < -0.39 is 0 Å². The van der Waals surface area contributed by atoms with E-state index in [0.717, 1.165) is 38.5 Å². The van der Waals surface area contributed by atoms with Gasteiger partial charge in [-0.15, -0.1) is 0 Å². The highest BCUT2D eigenvalue weighted by Crippen LogP contribution is 2.77. The lowest BCUT2D eigenvalue weighted by Gasteiger charge is -2.14. The fourth-order valence-electron chi connectivity index (χ4n) is 3.80. The smallest absolute Gasteiger partial charge is 0.220 e. The van der Waals surface area contributed by atoms with Crippen molar-refractivity contribution in [3.05, 3.63) is 0 Å². The van der Waals surface area contributed by atoms with E-state index in [1.165, 1.54) is 6.42 Å². The number of hydrogen-bond acceptors (Lipinski definition) is 5. The van der Waals surface area contributed by atoms with Gasteiger partial charge in [0.15, 0.2) is 0 Å². The van der Waals surface area contributed by atoms with Crippen LogP contribution in [0.4, 0.5) is 0 Å². The SMILES string of the molecule is CO[C@@H](N)CCCCCCCC(=O)NCCOCCC(=O)C1(C)C2C[C@@H]21. The molecular formula is C20H36N2O4. The van der Waals surface area contributed by atoms with Crippen LogP contribution in [0, 0.1) is 17.3 Å². The van der Waals surface area contributed by atoms with Gasteiger partial charge in [-0.05, 0) is 37.5 Å². The molecule has 2 rings (SSSR count). The zero-order chi connectivity index (χ0) is 19.0. The Labute approximate surface area is 157 Å². The summed E-state index contributed by atoms with van der Waals surface area (Å²) in [7, 11) is 1.63. The van der Waals surface area contributed by atoms with Crippen molar-refractivity contribution in [2.24, 2.45) is 23.0 Å². The molecule has 4 atom stereocenters. The van der Waals surface area contributed by atoms with E-state index in [9.17, 15) is 9.59 Å². The highest BCUT2D eigenvalue weighted by molar-refractivity contribution is 5.90. The van der Waals surface area contributed by atoms with Gasteiger partial charge in [0.2, 0.25) is 5.91 Å². The molecule has 0 aromatic rings. The number of methoxy groups -OCH3 is 1. The maximum atomic E-state index is 12.0. The Balaban J connectivity index is 1.32. The zero-order valence-electron chi connectivity index (χ0n) is 16.4. The molecule has 6 nitrogen and oxygen atoms in total. The first-order valence-electron chi connectivity index (χ1n) is 10.2. The van der Waals surface area contributed by atoms with Crippen molar-refractivity contribution < 1.29 is 19.1 Å². The van der Waals surface area contributed by atoms with Crippen LogP contribution in [-0.4, -0.2) is 44.8 Å². The van der Waals surface area contributed by atoms with Gasteiger partial charge in [0.25, 0.3) is 0 Å². The topological polar surface area (TPSA) is 90.7 Å². The summed E-state index contributed by atoms with van der Waals surface area (Å²) < 4.78 is 10.5. The Kier molecular flexibility index (Phi) is 8.51. The summed E-state index contributed by atoms with van der Waals surface area (Å²) in [6.45, 7) is 3.55. The number of hydrogen-bond donors (Lipinski definition) is 2. The van der Waals surface area contributed by atoms with E-state index in [2.05, 4.69) is 12.2 Å². The molecule has 0 aliphatic heterocycles. The summed E-state index contributed by atoms with van der Waals surface area (Å²) in [5.41, 5.74) is 5.67. The molecule has 2 saturated carbocycles. The highest BCUT2D eigenvalue weighted by atomic mass is 16.5. The summed E-state index contributed by atoms with van der Waals surface area (Å²) in [5.74, 6) is 1.79. The van der Waals surface area contributed by atoms with Gasteiger partial charge < -0.3 is 20.5 Å². The number of carbonyl (C=O) groups is 2. The maximum Gasteiger partial charge on any atom is 0.220 e. The Morgan fingerprint density at radius 2 is 1.81 bits per heavy atom. The van der Waals surface area contributed by atoms with E-state index in [1.807, 2.05) is 0 Å². The fraction of sp³-hybridized carbons (Fsp3) is 0.900. The van der Waals surface area contributed by atoms with Gasteiger partial charge in [-0.3, -0.25) is 9.59 Å². The summed E-state index contributed by atoms with van der Waals surface area (Å²) in [4.78, 5) is 23.7. The summed E-state index contributed by atoms with van der Waals surface area (Å²) in [6, 6.07) is 0. The average Bonchev–Trinajstić information content (AvgIpc) is 3.54. The van der Waals surface area contributed by atoms with Crippen molar-refractivity contribution in [1.29, 1.82) is 0 Å². The number of unbranched alkanes of at least 4 members (excludes halogenated alkanes) is 4. The molecule has 2 fully saturated rings. The Morgan fingerprint density at radius 1 is 1.12 bits per heavy atom. The van der Waals surface area contributed by atoms with Gasteiger partial charge >= 0.3 is 0 Å². The van der Waals surface area contributed by atoms with Crippen LogP contribution in [-0.2, 0) is 19.1 Å². The van der Waals surface area contributed by atoms with E-state index in [4.69, 9.17) is 15.2 Å². The second kappa shape index (κ2) is 10.4. The summed E-state index contributed by atoms with van der Waals surface area (Å²) in [6.07, 6.45) is 8.37. The van der Waals surface area contributed by atoms with Crippen molar-refractivity contribution >= 4 is 11.7 Å². The van der Waals surface area contributed by atoms with Crippen LogP contribution in [0.2, 0.25) is 0 Å². The second-order valence-electron chi connectivity index (χ2n) is 7.95. The molecule has 0 radical (unpaired) electrons. The minimum atomic E-state index is -0.150. The molecule has 2 aliphatic rings. The second-order valence-corrected chi connectivity index (χ2v) is 7.95. The molecule has 6 heteroatoms. The van der Waals surface area contributed by atoms with E-state index >= 15 is 0 Å². The predicted molar refractivity (Wildman–Crippen MR) is 100 cm³/mol. The van der Waals surface area contributed by atoms with Crippen LogP contribution in [0.1, 0.15) is 64.7 Å². The van der Waals surface area contributed by atoms with Crippen LogP contribution in [0.5, 0.6) is 0 Å². The molecule has 0 bridgehead atoms. The molecule has 0 aromatic heterocycles. The van der Waals surface area contributed by atoms with Gasteiger partial charge in [0.1, 0.15) is 12.0 Å². The normalized spacial score (nSPS) is 26.9. The molecule has 26 heavy (non-hydrogen) atoms. The third-order valence-corrected chi connectivity index (χ3v) is 6.06. The number of ketones is 1. The lowest BCUT2D eigenvalue weighted by molar-refractivity contribution is -0.127. The first-order valence-corrected chi connectivity index (χ1v) is 10.2. The summed E-state index contributed by atoms with van der Waals surface area (Å²) in [5, 5.41) is 2.87. The quantitative estimate of drug-likeness (QED) is 0.322. The lowest BCUT2D eigenvalue weighted by Crippen LogP contribution is -2.27. The minimum Gasteiger partial charge on any atom is -0.379 e. The number of carbonyl (C=O) groups excluding carboxylic acids is 2. The van der Waals surface area contributed by atoms with Gasteiger partial charge in [0, 0.05) is 31.9 Å². The monoisotopic (exact) mass is 368 g/mol. The Bertz CT molecular complexity index is 461. The van der Waals surface area contributed by atoms with Crippen molar-refractivity contribution in [2.75, 3.05) is 26.9 Å². The Hall–Kier alpha value is -0.980. The largest absolute Gasteiger partial charge is 0.379 e. The molecule has 0 aromatic carbocycles. The molecule has 1 amide bonds. The number of amides is 1. The number of nitrogens with two attached hydrogens (primary N) is 1. The van der Waals surface area contributed by atoms with Crippen LogP contribution in [0.25, 0.3) is 0 Å². The van der Waals surface area contributed by atoms with Crippen LogP contribution >= 0.6 is 0 Å². The molecular weight excluding hydrogens is 332 g/mol. The molecule has 2 unspecified atom stereocenters. The third-order valence-electron chi connectivity index (χ3n) is 6.06. The van der Waals surface area contributed by atoms with E-state index in [0.29, 0.717) is 50.2 Å². The van der Waals surface area contributed by atoms with Crippen LogP contribution in [0.3, 0.4) is 0 Å². The molecule has 3 N–H and O–H groups in total. The average molecular weight is 369 g/mol. The van der Waals surface area contributed by atoms with E-state index in [1.54, 1.807) is 7.11 Å². The van der Waals surface area contributed by atoms with Gasteiger partial charge in [0.05, 0.1) is 13.2 Å². The maximum absolute atomic E-state index is 12.0. The number of rotatable bonds is 16. The van der Waals surface area contributed by atoms with Gasteiger partial charge in [-0.1, -0.05) is 26.2 Å². The third kappa shape index (κ3) is 6.32. The molecule has 150 valence electrons. The first kappa shape index (κ1) is 21.3. The predicted octanol–water partition coefficient (Wildman–Crippen LogP) is 2.40. The van der Waals surface area contributed by atoms with Gasteiger partial charge in [-0.25, -0.2) is 0 Å². The minimum absolute atomic E-state index is 0.00657. The van der Waals surface area contributed by atoms with Crippen molar-refractivity contribution in [3.63, 3.8) is 0 Å². The van der Waals surface area contributed by atoms with Gasteiger partial charge in [-0.2, -0.15) is 0 Å². The molecule has 2 aliphatic carbocycles. The van der Waals surface area contributed by atoms with Crippen molar-refractivity contribution in [2.45, 2.75) is 70.9 Å². The van der Waals surface area contributed by atoms with Crippen molar-refractivity contribution in [3.8, 4) is 0 Å². The van der Waals surface area contributed by atoms with Crippen LogP contribution in [0.15, 0.2) is 0 Å². The Morgan fingerprint density at radius 3 is 2.46 bits per heavy atom. The number of nitrogens with one attached hydrogen (secondary N) is 1. The van der Waals surface area contributed by atoms with Crippen molar-refractivity contribution in [1.82, 2.24) is 5.32 Å². The standard InChI is InChI=1S/C20H36N2O4/c1-20(15-14-16(15)20)17(23)10-12-26-13-11-22-19(24)9-7-5-3-4-6-8-18(21)25-2/h15-16,18H,3-14,21H2,1-2H3,(H,22,24)/t15-,16?,18+,20?/m0/s1. The molecule has 0 saturated heterocycles. The zero-order valence-corrected chi connectivity index (χ0v) is 16.4. The van der Waals surface area contributed by atoms with E-state index in [-0.39, 0.29) is 17.6 Å². The highest BCUT2D eigenvalue weighted by Gasteiger charge is 2.76. The number of fused-ring (bicyclic) bond motifs is 1. The number of Topliss-reactive ketones (excluding diaryl/α,β-unsaturated/α-hetero) is 1. The molecule has 0 heterocycles. The summed E-state index contributed by atoms with van der Waals surface area (Å²) >= 11 is 0. The fourth-order valence-corrected chi connectivity index (χ4v) is 3.80. The molecule has 0 spiro atoms. The first-order chi connectivity index (χ1) is 12.5. The lowest BCUT2D eigenvalue weighted by atomic mass is 9.90. The van der Waals surface area contributed by atoms with Crippen LogP contribution < -0.4 is 11.1 Å². The number of ether oxygens (including phenoxy) is 2.